The standard InChI is InChI=1S/C45H67N6O/c1-12-35-22-24-45(8,31-35)32-40(52)51(10,11)44(6,7)43(4,5)23-21-36-17-16-20-38(30-36)33(2)29-39(49-27-25-48(9)26-28-49)50-34(3)41(42(46)47-50)37-18-14-13-15-19-37/h13-20,22,29-30,33H,12,21,23-28,31-32H2,1-11H3,(H2,46,47)/q+1/b39-29-. The summed E-state index contributed by atoms with van der Waals surface area (Å²) in [5.41, 5.74) is 13.6. The number of rotatable bonds is 13. The quantitative estimate of drug-likeness (QED) is 0.142. The highest BCUT2D eigenvalue weighted by molar-refractivity contribution is 5.77. The van der Waals surface area contributed by atoms with Crippen molar-refractivity contribution in [3.05, 3.63) is 89.1 Å². The molecule has 7 nitrogen and oxygen atoms in total. The molecule has 0 bridgehead atoms. The average Bonchev–Trinajstić information content (AvgIpc) is 3.64. The zero-order valence-corrected chi connectivity index (χ0v) is 34.2. The van der Waals surface area contributed by atoms with Gasteiger partial charge in [-0.05, 0) is 88.1 Å². The van der Waals surface area contributed by atoms with E-state index in [4.69, 9.17) is 10.8 Å². The van der Waals surface area contributed by atoms with Gasteiger partial charge in [0.1, 0.15) is 11.4 Å². The maximum Gasteiger partial charge on any atom is 0.314 e. The molecule has 7 heteroatoms. The lowest BCUT2D eigenvalue weighted by Crippen LogP contribution is -2.66. The number of aryl methyl sites for hydroxylation is 1. The summed E-state index contributed by atoms with van der Waals surface area (Å²) in [5.74, 6) is 2.16. The fourth-order valence-electron chi connectivity index (χ4n) is 8.29. The zero-order chi connectivity index (χ0) is 38.1. The van der Waals surface area contributed by atoms with Crippen LogP contribution < -0.4 is 5.73 Å². The van der Waals surface area contributed by atoms with Crippen LogP contribution in [0.4, 0.5) is 5.82 Å². The smallest absolute Gasteiger partial charge is 0.314 e. The average molecular weight is 708 g/mol. The molecule has 0 spiro atoms. The van der Waals surface area contributed by atoms with Crippen LogP contribution in [-0.2, 0) is 11.2 Å². The number of hydrogen-bond acceptors (Lipinski definition) is 5. The summed E-state index contributed by atoms with van der Waals surface area (Å²) in [6, 6.07) is 19.5. The van der Waals surface area contributed by atoms with Gasteiger partial charge in [-0.3, -0.25) is 4.48 Å². The van der Waals surface area contributed by atoms with Crippen LogP contribution in [0, 0.1) is 17.8 Å². The summed E-state index contributed by atoms with van der Waals surface area (Å²) < 4.78 is 2.46. The first-order valence-electron chi connectivity index (χ1n) is 19.6. The Balaban J connectivity index is 1.35. The zero-order valence-electron chi connectivity index (χ0n) is 34.2. The molecule has 0 saturated carbocycles. The highest BCUT2D eigenvalue weighted by atomic mass is 16.2. The van der Waals surface area contributed by atoms with Crippen LogP contribution in [-0.4, -0.2) is 82.8 Å². The van der Waals surface area contributed by atoms with Crippen molar-refractivity contribution >= 4 is 17.5 Å². The van der Waals surface area contributed by atoms with Crippen LogP contribution in [0.2, 0.25) is 0 Å². The maximum absolute atomic E-state index is 14.1. The van der Waals surface area contributed by atoms with E-state index in [-0.39, 0.29) is 22.3 Å². The Labute approximate surface area is 315 Å². The van der Waals surface area contributed by atoms with E-state index < -0.39 is 0 Å². The molecule has 2 N–H and O–H groups in total. The van der Waals surface area contributed by atoms with Gasteiger partial charge in [-0.1, -0.05) is 101 Å². The fourth-order valence-corrected chi connectivity index (χ4v) is 8.29. The number of likely N-dealkylation sites (N-methyl/N-ethyl adjacent to an activating group) is 1. The van der Waals surface area contributed by atoms with Crippen molar-refractivity contribution in [3.63, 3.8) is 0 Å². The number of allylic oxidation sites excluding steroid dienone is 3. The van der Waals surface area contributed by atoms with E-state index in [0.717, 1.165) is 80.9 Å². The summed E-state index contributed by atoms with van der Waals surface area (Å²) in [4.78, 5) is 18.9. The van der Waals surface area contributed by atoms with Crippen molar-refractivity contribution in [3.8, 4) is 11.1 Å². The van der Waals surface area contributed by atoms with Crippen LogP contribution in [0.15, 0.2) is 72.3 Å². The molecule has 2 unspecified atom stereocenters. The minimum atomic E-state index is -0.257. The summed E-state index contributed by atoms with van der Waals surface area (Å²) in [5, 5.41) is 4.94. The van der Waals surface area contributed by atoms with Crippen molar-refractivity contribution in [2.45, 2.75) is 105 Å². The number of amides is 1. The number of nitrogens with two attached hydrogens (primary N) is 1. The van der Waals surface area contributed by atoms with Crippen LogP contribution in [0.3, 0.4) is 0 Å². The van der Waals surface area contributed by atoms with Crippen molar-refractivity contribution in [1.29, 1.82) is 0 Å². The number of quaternary nitrogens is 1. The molecule has 1 aliphatic carbocycles. The van der Waals surface area contributed by atoms with Crippen molar-refractivity contribution in [2.75, 3.05) is 53.1 Å². The minimum Gasteiger partial charge on any atom is -0.382 e. The Morgan fingerprint density at radius 2 is 1.71 bits per heavy atom. The molecular formula is C45H67N6O+. The van der Waals surface area contributed by atoms with Gasteiger partial charge < -0.3 is 15.5 Å². The van der Waals surface area contributed by atoms with Gasteiger partial charge in [-0.25, -0.2) is 9.48 Å². The largest absolute Gasteiger partial charge is 0.382 e. The molecule has 2 aliphatic rings. The number of carbonyl (C=O) groups is 1. The number of nitrogens with zero attached hydrogens (tertiary/aromatic N) is 5. The number of anilines is 1. The second-order valence-corrected chi connectivity index (χ2v) is 17.8. The van der Waals surface area contributed by atoms with E-state index in [0.29, 0.717) is 22.6 Å². The third-order valence-corrected chi connectivity index (χ3v) is 13.4. The van der Waals surface area contributed by atoms with E-state index in [9.17, 15) is 4.79 Å². The van der Waals surface area contributed by atoms with Gasteiger partial charge in [-0.2, -0.15) is 0 Å². The molecule has 1 amide bonds. The van der Waals surface area contributed by atoms with Crippen molar-refractivity contribution in [1.82, 2.24) is 19.6 Å². The maximum atomic E-state index is 14.1. The van der Waals surface area contributed by atoms with Gasteiger partial charge in [-0.15, -0.1) is 5.10 Å². The Hall–Kier alpha value is -3.68. The highest BCUT2D eigenvalue weighted by Gasteiger charge is 2.53. The summed E-state index contributed by atoms with van der Waals surface area (Å²) >= 11 is 0. The molecule has 5 rings (SSSR count). The second kappa shape index (κ2) is 15.4. The lowest BCUT2D eigenvalue weighted by molar-refractivity contribution is -0.876. The van der Waals surface area contributed by atoms with Crippen LogP contribution >= 0.6 is 0 Å². The molecule has 282 valence electrons. The molecule has 1 aliphatic heterocycles. The number of hydrogen-bond donors (Lipinski definition) is 1. The molecule has 3 aromatic rings. The van der Waals surface area contributed by atoms with Crippen molar-refractivity contribution in [2.24, 2.45) is 10.8 Å². The molecule has 1 aromatic heterocycles. The van der Waals surface area contributed by atoms with E-state index >= 15 is 0 Å². The SMILES string of the molecule is CCC1=CCC(C)(CC(=O)[N+](C)(C)C(C)(C)C(C)(C)CCc2cccc(C(C)/C=C(/N3CCN(C)CC3)n3nc(N)c(-c4ccccc4)c3C)c2)C1. The monoisotopic (exact) mass is 708 g/mol. The molecule has 2 atom stereocenters. The number of piperazine rings is 1. The number of benzene rings is 2. The molecule has 2 aromatic carbocycles. The van der Waals surface area contributed by atoms with Gasteiger partial charge in [0, 0.05) is 43.1 Å². The van der Waals surface area contributed by atoms with E-state index in [1.54, 1.807) is 0 Å². The first-order valence-corrected chi connectivity index (χ1v) is 19.6. The van der Waals surface area contributed by atoms with E-state index in [1.165, 1.54) is 16.7 Å². The minimum absolute atomic E-state index is 0.0425. The molecule has 1 fully saturated rings. The third kappa shape index (κ3) is 8.11. The second-order valence-electron chi connectivity index (χ2n) is 17.8. The van der Waals surface area contributed by atoms with Gasteiger partial charge >= 0.3 is 5.91 Å². The summed E-state index contributed by atoms with van der Waals surface area (Å²) in [6.07, 6.45) is 10.5. The van der Waals surface area contributed by atoms with E-state index in [2.05, 4.69) is 152 Å². The van der Waals surface area contributed by atoms with Crippen molar-refractivity contribution < 1.29 is 9.28 Å². The lowest BCUT2D eigenvalue weighted by atomic mass is 9.68. The third-order valence-electron chi connectivity index (χ3n) is 13.4. The number of carbonyl (C=O) groups excluding carboxylic acids is 1. The molecule has 0 radical (unpaired) electrons. The number of nitrogen functional groups attached to an aromatic ring is 1. The van der Waals surface area contributed by atoms with E-state index in [1.807, 2.05) is 6.07 Å². The first-order chi connectivity index (χ1) is 24.4. The topological polar surface area (TPSA) is 67.4 Å². The molecule has 2 heterocycles. The summed E-state index contributed by atoms with van der Waals surface area (Å²) in [6.45, 7) is 22.1. The van der Waals surface area contributed by atoms with Gasteiger partial charge in [0.15, 0.2) is 5.82 Å². The Kier molecular flexibility index (Phi) is 11.7. The van der Waals surface area contributed by atoms with Crippen LogP contribution in [0.5, 0.6) is 0 Å². The van der Waals surface area contributed by atoms with Crippen LogP contribution in [0.1, 0.15) is 103 Å². The predicted molar refractivity (Wildman–Crippen MR) is 219 cm³/mol. The van der Waals surface area contributed by atoms with Gasteiger partial charge in [0.25, 0.3) is 0 Å². The van der Waals surface area contributed by atoms with Crippen LogP contribution in [0.25, 0.3) is 16.9 Å². The Morgan fingerprint density at radius 1 is 1.04 bits per heavy atom. The normalized spacial score (nSPS) is 19.9. The predicted octanol–water partition coefficient (Wildman–Crippen LogP) is 9.16. The molecule has 1 saturated heterocycles. The number of aromatic nitrogens is 2. The van der Waals surface area contributed by atoms with Gasteiger partial charge in [0.2, 0.25) is 0 Å². The fraction of sp³-hybridized carbons (Fsp3) is 0.556. The first kappa shape index (κ1) is 39.5. The highest BCUT2D eigenvalue weighted by Crippen LogP contribution is 2.46. The Bertz CT molecular complexity index is 1770. The molecular weight excluding hydrogens is 641 g/mol. The Morgan fingerprint density at radius 3 is 2.35 bits per heavy atom. The molecule has 52 heavy (non-hydrogen) atoms. The lowest BCUT2D eigenvalue weighted by Gasteiger charge is -2.52. The summed E-state index contributed by atoms with van der Waals surface area (Å²) in [7, 11) is 6.47. The van der Waals surface area contributed by atoms with Gasteiger partial charge in [0.05, 0.1) is 26.2 Å².